The van der Waals surface area contributed by atoms with Gasteiger partial charge in [0.25, 0.3) is 0 Å². The molecule has 1 heterocycles. The number of nitrogens with zero attached hydrogens (tertiary/aromatic N) is 2. The number of rotatable bonds is 4. The molecule has 0 atom stereocenters. The Bertz CT molecular complexity index is 613. The molecule has 0 aliphatic heterocycles. The number of pyridine rings is 1. The number of anilines is 2. The van der Waals surface area contributed by atoms with Crippen molar-refractivity contribution in [1.29, 1.82) is 0 Å². The number of aromatic nitrogens is 1. The van der Waals surface area contributed by atoms with Crippen LogP contribution in [0.5, 0.6) is 0 Å². The normalized spacial score (nSPS) is 10.7. The van der Waals surface area contributed by atoms with Crippen molar-refractivity contribution >= 4 is 23.1 Å². The fourth-order valence-corrected chi connectivity index (χ4v) is 2.66. The van der Waals surface area contributed by atoms with E-state index in [0.29, 0.717) is 12.4 Å². The molecule has 0 fully saturated rings. The minimum atomic E-state index is -0.252. The number of halogens is 2. The lowest BCUT2D eigenvalue weighted by Crippen LogP contribution is -2.20. The monoisotopic (exact) mass is 292 g/mol. The lowest BCUT2D eigenvalue weighted by atomic mass is 10.1. The van der Waals surface area contributed by atoms with E-state index in [-0.39, 0.29) is 5.82 Å². The van der Waals surface area contributed by atoms with E-state index in [4.69, 9.17) is 11.6 Å². The highest BCUT2D eigenvalue weighted by Gasteiger charge is 2.16. The molecule has 2 nitrogen and oxygen atoms in total. The molecule has 0 saturated carbocycles. The molecule has 106 valence electrons. The molecule has 0 saturated heterocycles. The first-order valence-corrected chi connectivity index (χ1v) is 7.16. The molecule has 1 aromatic carbocycles. The minimum Gasteiger partial charge on any atom is -0.326 e. The highest BCUT2D eigenvalue weighted by molar-refractivity contribution is 6.17. The van der Waals surface area contributed by atoms with E-state index in [1.807, 2.05) is 37.8 Å². The van der Waals surface area contributed by atoms with Gasteiger partial charge in [-0.15, -0.1) is 11.6 Å². The van der Waals surface area contributed by atoms with Gasteiger partial charge in [-0.1, -0.05) is 6.07 Å². The van der Waals surface area contributed by atoms with Crippen LogP contribution in [0.4, 0.5) is 15.9 Å². The molecule has 20 heavy (non-hydrogen) atoms. The third kappa shape index (κ3) is 2.93. The zero-order valence-corrected chi connectivity index (χ0v) is 12.7. The van der Waals surface area contributed by atoms with Gasteiger partial charge in [0.05, 0.1) is 5.88 Å². The first-order chi connectivity index (χ1) is 9.56. The summed E-state index contributed by atoms with van der Waals surface area (Å²) in [6, 6.07) is 8.55. The van der Waals surface area contributed by atoms with E-state index in [2.05, 4.69) is 4.98 Å². The summed E-state index contributed by atoms with van der Waals surface area (Å²) in [5.74, 6) is 0.948. The Kier molecular flexibility index (Phi) is 4.61. The van der Waals surface area contributed by atoms with Crippen LogP contribution in [0.1, 0.15) is 23.7 Å². The molecule has 0 spiro atoms. The molecule has 0 aliphatic rings. The third-order valence-electron chi connectivity index (χ3n) is 3.28. The average Bonchev–Trinajstić information content (AvgIpc) is 2.39. The third-order valence-corrected chi connectivity index (χ3v) is 3.55. The molecule has 2 rings (SSSR count). The van der Waals surface area contributed by atoms with E-state index in [1.165, 1.54) is 12.1 Å². The van der Waals surface area contributed by atoms with Gasteiger partial charge in [0, 0.05) is 23.5 Å². The number of benzene rings is 1. The van der Waals surface area contributed by atoms with Crippen molar-refractivity contribution < 1.29 is 4.39 Å². The zero-order chi connectivity index (χ0) is 14.7. The fraction of sp³-hybridized carbons (Fsp3) is 0.312. The minimum absolute atomic E-state index is 0.252. The maximum absolute atomic E-state index is 13.4. The van der Waals surface area contributed by atoms with E-state index >= 15 is 0 Å². The Morgan fingerprint density at radius 3 is 2.60 bits per heavy atom. The van der Waals surface area contributed by atoms with Crippen LogP contribution in [0.15, 0.2) is 30.3 Å². The number of aryl methyl sites for hydroxylation is 2. The van der Waals surface area contributed by atoms with Crippen molar-refractivity contribution in [2.75, 3.05) is 11.4 Å². The van der Waals surface area contributed by atoms with E-state index < -0.39 is 0 Å². The van der Waals surface area contributed by atoms with Crippen LogP contribution in [0.3, 0.4) is 0 Å². The van der Waals surface area contributed by atoms with Gasteiger partial charge in [-0.2, -0.15) is 0 Å². The van der Waals surface area contributed by atoms with Gasteiger partial charge in [0.15, 0.2) is 0 Å². The molecular weight excluding hydrogens is 275 g/mol. The maximum atomic E-state index is 13.4. The lowest BCUT2D eigenvalue weighted by Gasteiger charge is -2.25. The SMILES string of the molecule is CCN(c1cccc(F)c1)c1nc(C)cc(C)c1CCl. The molecule has 0 N–H and O–H groups in total. The summed E-state index contributed by atoms with van der Waals surface area (Å²) >= 11 is 6.07. The number of hydrogen-bond donors (Lipinski definition) is 0. The number of hydrogen-bond acceptors (Lipinski definition) is 2. The van der Waals surface area contributed by atoms with Crippen LogP contribution in [-0.4, -0.2) is 11.5 Å². The van der Waals surface area contributed by atoms with Crippen molar-refractivity contribution in [2.24, 2.45) is 0 Å². The summed E-state index contributed by atoms with van der Waals surface area (Å²) in [4.78, 5) is 6.59. The molecule has 0 aliphatic carbocycles. The topological polar surface area (TPSA) is 16.1 Å². The fourth-order valence-electron chi connectivity index (χ4n) is 2.33. The second-order valence-corrected chi connectivity index (χ2v) is 5.01. The Labute approximate surface area is 124 Å². The van der Waals surface area contributed by atoms with Crippen molar-refractivity contribution in [3.8, 4) is 0 Å². The number of alkyl halides is 1. The quantitative estimate of drug-likeness (QED) is 0.757. The predicted octanol–water partition coefficient (Wildman–Crippen LogP) is 4.73. The van der Waals surface area contributed by atoms with Crippen LogP contribution in [0.2, 0.25) is 0 Å². The van der Waals surface area contributed by atoms with Gasteiger partial charge in [-0.25, -0.2) is 9.37 Å². The predicted molar refractivity (Wildman–Crippen MR) is 82.3 cm³/mol. The summed E-state index contributed by atoms with van der Waals surface area (Å²) < 4.78 is 13.4. The summed E-state index contributed by atoms with van der Waals surface area (Å²) in [5, 5.41) is 0. The van der Waals surface area contributed by atoms with Crippen LogP contribution < -0.4 is 4.90 Å². The molecule has 4 heteroatoms. The van der Waals surface area contributed by atoms with Crippen LogP contribution >= 0.6 is 11.6 Å². The smallest absolute Gasteiger partial charge is 0.137 e. The molecule has 0 unspecified atom stereocenters. The second kappa shape index (κ2) is 6.23. The molecule has 1 aromatic heterocycles. The van der Waals surface area contributed by atoms with E-state index in [9.17, 15) is 4.39 Å². The maximum Gasteiger partial charge on any atom is 0.137 e. The summed E-state index contributed by atoms with van der Waals surface area (Å²) in [6.45, 7) is 6.69. The first-order valence-electron chi connectivity index (χ1n) is 6.63. The van der Waals surface area contributed by atoms with Gasteiger partial charge in [-0.05, 0) is 50.6 Å². The van der Waals surface area contributed by atoms with Crippen molar-refractivity contribution in [2.45, 2.75) is 26.7 Å². The van der Waals surface area contributed by atoms with E-state index in [1.54, 1.807) is 6.07 Å². The first kappa shape index (κ1) is 14.8. The van der Waals surface area contributed by atoms with E-state index in [0.717, 1.165) is 28.3 Å². The van der Waals surface area contributed by atoms with Crippen molar-refractivity contribution in [3.63, 3.8) is 0 Å². The zero-order valence-electron chi connectivity index (χ0n) is 12.0. The Morgan fingerprint density at radius 1 is 1.25 bits per heavy atom. The van der Waals surface area contributed by atoms with Gasteiger partial charge < -0.3 is 4.90 Å². The van der Waals surface area contributed by atoms with Crippen molar-refractivity contribution in [1.82, 2.24) is 4.98 Å². The highest BCUT2D eigenvalue weighted by Crippen LogP contribution is 2.30. The molecular formula is C16H18ClFN2. The average molecular weight is 293 g/mol. The molecule has 0 bridgehead atoms. The van der Waals surface area contributed by atoms with Gasteiger partial charge in [-0.3, -0.25) is 0 Å². The molecule has 0 radical (unpaired) electrons. The summed E-state index contributed by atoms with van der Waals surface area (Å²) in [6.07, 6.45) is 0. The lowest BCUT2D eigenvalue weighted by molar-refractivity contribution is 0.627. The Balaban J connectivity index is 2.57. The summed E-state index contributed by atoms with van der Waals surface area (Å²) in [7, 11) is 0. The second-order valence-electron chi connectivity index (χ2n) is 4.74. The van der Waals surface area contributed by atoms with Gasteiger partial charge >= 0.3 is 0 Å². The van der Waals surface area contributed by atoms with Crippen LogP contribution in [-0.2, 0) is 5.88 Å². The van der Waals surface area contributed by atoms with Crippen LogP contribution in [0, 0.1) is 19.7 Å². The summed E-state index contributed by atoms with van der Waals surface area (Å²) in [5.41, 5.74) is 3.82. The molecule has 0 amide bonds. The van der Waals surface area contributed by atoms with Crippen molar-refractivity contribution in [3.05, 3.63) is 53.0 Å². The highest BCUT2D eigenvalue weighted by atomic mass is 35.5. The van der Waals surface area contributed by atoms with Crippen LogP contribution in [0.25, 0.3) is 0 Å². The molecule has 2 aromatic rings. The van der Waals surface area contributed by atoms with Gasteiger partial charge in [0.2, 0.25) is 0 Å². The Morgan fingerprint density at radius 2 is 2.00 bits per heavy atom. The standard InChI is InChI=1S/C16H18ClFN2/c1-4-20(14-7-5-6-13(18)9-14)16-15(10-17)11(2)8-12(3)19-16/h5-9H,4,10H2,1-3H3. The largest absolute Gasteiger partial charge is 0.326 e. The van der Waals surface area contributed by atoms with Gasteiger partial charge in [0.1, 0.15) is 11.6 Å². The Hall–Kier alpha value is -1.61.